The highest BCUT2D eigenvalue weighted by atomic mass is 16.3. The molecule has 1 aromatic heterocycles. The molecule has 1 spiro atoms. The van der Waals surface area contributed by atoms with Crippen LogP contribution < -0.4 is 4.90 Å². The van der Waals surface area contributed by atoms with Crippen LogP contribution >= 0.6 is 0 Å². The van der Waals surface area contributed by atoms with Crippen molar-refractivity contribution in [1.82, 2.24) is 0 Å². The Hall–Kier alpha value is -7.94. The number of para-hydroxylation sites is 1. The van der Waals surface area contributed by atoms with Gasteiger partial charge in [0, 0.05) is 38.8 Å². The largest absolute Gasteiger partial charge is 0.455 e. The fourth-order valence-corrected chi connectivity index (χ4v) is 12.1. The second kappa shape index (κ2) is 12.8. The van der Waals surface area contributed by atoms with E-state index in [4.69, 9.17) is 4.42 Å². The number of anilines is 3. The molecule has 10 aromatic carbocycles. The molecule has 0 amide bonds. The standard InChI is InChI=1S/C62H41NO/c1-61(2)52-24-12-8-20-44(52)48-31-28-39(35-56(48)61)59-43-19-7-6-16-38(43)34-51-50-36-41(30-33-58(50)64-60(51)59)63(40-17-4-3-5-18-40)42-29-32-49-47-23-11-15-27-55(47)62(57(49)37-42)53-25-13-9-21-45(53)46-22-10-14-26-54(46)62/h3-37H,1-2H3. The van der Waals surface area contributed by atoms with Gasteiger partial charge in [0.15, 0.2) is 0 Å². The molecule has 3 aliphatic carbocycles. The second-order valence-corrected chi connectivity index (χ2v) is 18.4. The minimum atomic E-state index is -0.435. The van der Waals surface area contributed by atoms with Gasteiger partial charge in [0.25, 0.3) is 0 Å². The average Bonchev–Trinajstić information content (AvgIpc) is 4.03. The van der Waals surface area contributed by atoms with E-state index < -0.39 is 5.41 Å². The molecule has 3 aliphatic rings. The molecule has 0 radical (unpaired) electrons. The van der Waals surface area contributed by atoms with Crippen LogP contribution in [-0.2, 0) is 10.8 Å². The highest BCUT2D eigenvalue weighted by molar-refractivity contribution is 6.19. The summed E-state index contributed by atoms with van der Waals surface area (Å²) in [4.78, 5) is 2.42. The van der Waals surface area contributed by atoms with E-state index in [1.807, 2.05) is 0 Å². The lowest BCUT2D eigenvalue weighted by Crippen LogP contribution is -2.26. The van der Waals surface area contributed by atoms with Crippen molar-refractivity contribution in [3.8, 4) is 44.5 Å². The molecule has 2 nitrogen and oxygen atoms in total. The fourth-order valence-electron chi connectivity index (χ4n) is 12.1. The summed E-state index contributed by atoms with van der Waals surface area (Å²) in [6.45, 7) is 4.71. The maximum atomic E-state index is 7.03. The first-order valence-corrected chi connectivity index (χ1v) is 22.4. The van der Waals surface area contributed by atoms with Crippen molar-refractivity contribution in [2.45, 2.75) is 24.7 Å². The first-order chi connectivity index (χ1) is 31.5. The third-order valence-electron chi connectivity index (χ3n) is 14.9. The Labute approximate surface area is 372 Å². The van der Waals surface area contributed by atoms with Crippen molar-refractivity contribution in [1.29, 1.82) is 0 Å². The number of rotatable bonds is 4. The van der Waals surface area contributed by atoms with Gasteiger partial charge in [-0.2, -0.15) is 0 Å². The zero-order valence-corrected chi connectivity index (χ0v) is 35.6. The fraction of sp³-hybridized carbons (Fsp3) is 0.0645. The number of furan rings is 1. The lowest BCUT2D eigenvalue weighted by Gasteiger charge is -2.32. The molecular formula is C62H41NO. The van der Waals surface area contributed by atoms with Crippen molar-refractivity contribution in [3.05, 3.63) is 246 Å². The normalized spacial score (nSPS) is 14.3. The van der Waals surface area contributed by atoms with E-state index in [1.54, 1.807) is 0 Å². The van der Waals surface area contributed by atoms with Crippen LogP contribution in [-0.4, -0.2) is 0 Å². The molecule has 1 heterocycles. The summed E-state index contributed by atoms with van der Waals surface area (Å²) in [6.07, 6.45) is 0. The molecule has 0 N–H and O–H groups in total. The summed E-state index contributed by atoms with van der Waals surface area (Å²) in [5.74, 6) is 0. The van der Waals surface area contributed by atoms with Crippen LogP contribution in [0.25, 0.3) is 77.2 Å². The summed E-state index contributed by atoms with van der Waals surface area (Å²) in [5, 5.41) is 4.60. The van der Waals surface area contributed by atoms with E-state index in [-0.39, 0.29) is 5.41 Å². The Morgan fingerprint density at radius 1 is 0.359 bits per heavy atom. The topological polar surface area (TPSA) is 16.4 Å². The summed E-state index contributed by atoms with van der Waals surface area (Å²) >= 11 is 0. The smallest absolute Gasteiger partial charge is 0.143 e. The molecule has 0 unspecified atom stereocenters. The van der Waals surface area contributed by atoms with Crippen LogP contribution in [0.5, 0.6) is 0 Å². The number of nitrogens with zero attached hydrogens (tertiary/aromatic N) is 1. The Balaban J connectivity index is 0.982. The number of benzene rings is 10. The first-order valence-electron chi connectivity index (χ1n) is 22.4. The van der Waals surface area contributed by atoms with Gasteiger partial charge >= 0.3 is 0 Å². The molecule has 0 bridgehead atoms. The van der Waals surface area contributed by atoms with Crippen LogP contribution in [0, 0.1) is 0 Å². The molecular weight excluding hydrogens is 775 g/mol. The quantitative estimate of drug-likeness (QED) is 0.176. The highest BCUT2D eigenvalue weighted by Crippen LogP contribution is 2.63. The number of hydrogen-bond acceptors (Lipinski definition) is 2. The van der Waals surface area contributed by atoms with Crippen LogP contribution in [0.15, 0.2) is 217 Å². The average molecular weight is 816 g/mol. The molecule has 11 aromatic rings. The SMILES string of the molecule is CC1(C)c2ccccc2-c2ccc(-c3c4ccccc4cc4c3oc3ccc(N(c5ccccc5)c5ccc6c(c5)C5(c7ccccc7-c7ccccc75)c5ccccc5-6)cc34)cc21. The molecule has 300 valence electrons. The van der Waals surface area contributed by atoms with Crippen molar-refractivity contribution in [2.24, 2.45) is 0 Å². The lowest BCUT2D eigenvalue weighted by molar-refractivity contribution is 0.660. The molecule has 0 fully saturated rings. The summed E-state index contributed by atoms with van der Waals surface area (Å²) < 4.78 is 7.03. The van der Waals surface area contributed by atoms with E-state index in [1.165, 1.54) is 83.1 Å². The van der Waals surface area contributed by atoms with Crippen LogP contribution in [0.2, 0.25) is 0 Å². The Morgan fingerprint density at radius 3 is 1.59 bits per heavy atom. The Kier molecular flexibility index (Phi) is 7.13. The maximum Gasteiger partial charge on any atom is 0.143 e. The zero-order chi connectivity index (χ0) is 42.3. The summed E-state index contributed by atoms with van der Waals surface area (Å²) in [6, 6.07) is 78.8. The molecule has 0 aliphatic heterocycles. The predicted octanol–water partition coefficient (Wildman–Crippen LogP) is 16.5. The van der Waals surface area contributed by atoms with E-state index >= 15 is 0 Å². The maximum absolute atomic E-state index is 7.03. The van der Waals surface area contributed by atoms with Crippen molar-refractivity contribution < 1.29 is 4.42 Å². The van der Waals surface area contributed by atoms with Gasteiger partial charge in [-0.1, -0.05) is 172 Å². The minimum Gasteiger partial charge on any atom is -0.455 e. The highest BCUT2D eigenvalue weighted by Gasteiger charge is 2.51. The summed E-state index contributed by atoms with van der Waals surface area (Å²) in [7, 11) is 0. The van der Waals surface area contributed by atoms with Crippen LogP contribution in [0.1, 0.15) is 47.2 Å². The second-order valence-electron chi connectivity index (χ2n) is 18.4. The number of fused-ring (bicyclic) bond motifs is 17. The van der Waals surface area contributed by atoms with Gasteiger partial charge in [-0.25, -0.2) is 0 Å². The van der Waals surface area contributed by atoms with Gasteiger partial charge in [-0.05, 0) is 138 Å². The third kappa shape index (κ3) is 4.59. The van der Waals surface area contributed by atoms with Crippen molar-refractivity contribution >= 4 is 49.8 Å². The predicted molar refractivity (Wildman–Crippen MR) is 265 cm³/mol. The molecule has 64 heavy (non-hydrogen) atoms. The monoisotopic (exact) mass is 815 g/mol. The lowest BCUT2D eigenvalue weighted by atomic mass is 9.70. The van der Waals surface area contributed by atoms with Gasteiger partial charge < -0.3 is 9.32 Å². The van der Waals surface area contributed by atoms with Crippen LogP contribution in [0.3, 0.4) is 0 Å². The van der Waals surface area contributed by atoms with Gasteiger partial charge in [0.1, 0.15) is 11.2 Å². The van der Waals surface area contributed by atoms with E-state index in [0.29, 0.717) is 0 Å². The zero-order valence-electron chi connectivity index (χ0n) is 35.6. The van der Waals surface area contributed by atoms with Crippen molar-refractivity contribution in [3.63, 3.8) is 0 Å². The van der Waals surface area contributed by atoms with Gasteiger partial charge in [-0.3, -0.25) is 0 Å². The summed E-state index contributed by atoms with van der Waals surface area (Å²) in [5.41, 5.74) is 22.8. The molecule has 2 heteroatoms. The molecule has 14 rings (SSSR count). The molecule has 0 saturated heterocycles. The van der Waals surface area contributed by atoms with Gasteiger partial charge in [-0.15, -0.1) is 0 Å². The van der Waals surface area contributed by atoms with E-state index in [0.717, 1.165) is 44.6 Å². The Bertz CT molecular complexity index is 3710. The Morgan fingerprint density at radius 2 is 0.891 bits per heavy atom. The van der Waals surface area contributed by atoms with E-state index in [2.05, 4.69) is 231 Å². The van der Waals surface area contributed by atoms with Crippen molar-refractivity contribution in [2.75, 3.05) is 4.90 Å². The first kappa shape index (κ1) is 35.6. The third-order valence-corrected chi connectivity index (χ3v) is 14.9. The molecule has 0 atom stereocenters. The van der Waals surface area contributed by atoms with Gasteiger partial charge in [0.2, 0.25) is 0 Å². The molecule has 0 saturated carbocycles. The number of hydrogen-bond donors (Lipinski definition) is 0. The minimum absolute atomic E-state index is 0.111. The van der Waals surface area contributed by atoms with Gasteiger partial charge in [0.05, 0.1) is 5.41 Å². The van der Waals surface area contributed by atoms with Crippen LogP contribution in [0.4, 0.5) is 17.1 Å². The van der Waals surface area contributed by atoms with E-state index in [9.17, 15) is 0 Å².